The number of thioether (sulfide) groups is 1. The number of carbonyl (C=O) groups excluding carboxylic acids is 3. The van der Waals surface area contributed by atoms with Crippen molar-refractivity contribution >= 4 is 35.5 Å². The van der Waals surface area contributed by atoms with Gasteiger partial charge in [0.05, 0.1) is 12.6 Å². The van der Waals surface area contributed by atoms with Gasteiger partial charge in [-0.1, -0.05) is 27.7 Å². The summed E-state index contributed by atoms with van der Waals surface area (Å²) in [6.07, 6.45) is 2.46. The Kier molecular flexibility index (Phi) is 13.3. The summed E-state index contributed by atoms with van der Waals surface area (Å²) in [5.41, 5.74) is 5.86. The van der Waals surface area contributed by atoms with Crippen LogP contribution in [0.25, 0.3) is 0 Å². The lowest BCUT2D eigenvalue weighted by molar-refractivity contribution is -0.143. The van der Waals surface area contributed by atoms with E-state index in [1.807, 2.05) is 20.1 Å². The first-order valence-electron chi connectivity index (χ1n) is 9.93. The zero-order chi connectivity index (χ0) is 23.4. The molecule has 0 fully saturated rings. The van der Waals surface area contributed by atoms with E-state index in [4.69, 9.17) is 15.9 Å². The molecule has 0 aromatic rings. The van der Waals surface area contributed by atoms with E-state index in [1.165, 1.54) is 11.8 Å². The number of hydrogen-bond donors (Lipinski definition) is 6. The van der Waals surface area contributed by atoms with Gasteiger partial charge in [-0.3, -0.25) is 14.4 Å². The first kappa shape index (κ1) is 28.1. The molecule has 0 heterocycles. The molecule has 10 nitrogen and oxygen atoms in total. The molecule has 0 aliphatic heterocycles. The molecule has 0 spiro atoms. The van der Waals surface area contributed by atoms with Crippen molar-refractivity contribution < 1.29 is 29.4 Å². The van der Waals surface area contributed by atoms with Crippen molar-refractivity contribution in [3.8, 4) is 0 Å². The van der Waals surface area contributed by atoms with Gasteiger partial charge in [0, 0.05) is 0 Å². The Morgan fingerprint density at radius 2 is 1.40 bits per heavy atom. The molecule has 0 rings (SSSR count). The number of hydrogen-bond acceptors (Lipinski definition) is 7. The number of aliphatic carboxylic acids is 1. The topological polar surface area (TPSA) is 171 Å². The lowest BCUT2D eigenvalue weighted by Crippen LogP contribution is -2.58. The Bertz CT molecular complexity index is 587. The van der Waals surface area contributed by atoms with Crippen molar-refractivity contribution in [3.05, 3.63) is 0 Å². The summed E-state index contributed by atoms with van der Waals surface area (Å²) in [6, 6.07) is -4.14. The Morgan fingerprint density at radius 3 is 1.83 bits per heavy atom. The predicted molar refractivity (Wildman–Crippen MR) is 116 cm³/mol. The second-order valence-electron chi connectivity index (χ2n) is 7.89. The molecule has 7 N–H and O–H groups in total. The van der Waals surface area contributed by atoms with Gasteiger partial charge >= 0.3 is 5.97 Å². The van der Waals surface area contributed by atoms with E-state index in [1.54, 1.807) is 13.8 Å². The van der Waals surface area contributed by atoms with Crippen LogP contribution >= 0.6 is 11.8 Å². The Hall–Kier alpha value is -1.85. The average molecular weight is 449 g/mol. The Labute approximate surface area is 182 Å². The van der Waals surface area contributed by atoms with Gasteiger partial charge in [0.15, 0.2) is 0 Å². The van der Waals surface area contributed by atoms with E-state index < -0.39 is 54.5 Å². The fourth-order valence-electron chi connectivity index (χ4n) is 2.51. The zero-order valence-corrected chi connectivity index (χ0v) is 19.1. The predicted octanol–water partition coefficient (Wildman–Crippen LogP) is -0.700. The highest BCUT2D eigenvalue weighted by molar-refractivity contribution is 7.98. The molecule has 0 saturated heterocycles. The largest absolute Gasteiger partial charge is 0.480 e. The van der Waals surface area contributed by atoms with Crippen LogP contribution in [0.2, 0.25) is 0 Å². The van der Waals surface area contributed by atoms with Crippen LogP contribution in [0.15, 0.2) is 0 Å². The normalized spacial score (nSPS) is 15.2. The van der Waals surface area contributed by atoms with E-state index in [-0.39, 0.29) is 18.3 Å². The van der Waals surface area contributed by atoms with Crippen molar-refractivity contribution in [1.29, 1.82) is 0 Å². The van der Waals surface area contributed by atoms with Crippen LogP contribution in [-0.4, -0.2) is 76.7 Å². The van der Waals surface area contributed by atoms with E-state index in [9.17, 15) is 19.2 Å². The molecule has 3 amide bonds. The fourth-order valence-corrected chi connectivity index (χ4v) is 2.98. The molecule has 11 heteroatoms. The molecule has 0 radical (unpaired) electrons. The summed E-state index contributed by atoms with van der Waals surface area (Å²) < 4.78 is 0. The standard InChI is InChI=1S/C19H36N4O6S/c1-10(2)8-13(17(26)23-14(9-24)19(28)29)22-16(25)12(6-7-30-5)21-18(27)15(20)11(3)4/h10-15,24H,6-9,20H2,1-5H3,(H,21,27)(H,22,25)(H,23,26)(H,28,29). The number of rotatable bonds is 14. The zero-order valence-electron chi connectivity index (χ0n) is 18.3. The van der Waals surface area contributed by atoms with Crippen molar-refractivity contribution in [1.82, 2.24) is 16.0 Å². The highest BCUT2D eigenvalue weighted by Gasteiger charge is 2.30. The van der Waals surface area contributed by atoms with Crippen molar-refractivity contribution in [2.24, 2.45) is 17.6 Å². The number of amides is 3. The minimum absolute atomic E-state index is 0.0204. The molecular formula is C19H36N4O6S. The van der Waals surface area contributed by atoms with Gasteiger partial charge in [0.2, 0.25) is 17.7 Å². The molecule has 0 aromatic carbocycles. The van der Waals surface area contributed by atoms with Crippen LogP contribution in [0.3, 0.4) is 0 Å². The van der Waals surface area contributed by atoms with Crippen LogP contribution < -0.4 is 21.7 Å². The van der Waals surface area contributed by atoms with Crippen molar-refractivity contribution in [2.45, 2.75) is 64.7 Å². The molecule has 0 bridgehead atoms. The summed E-state index contributed by atoms with van der Waals surface area (Å²) in [6.45, 7) is 6.51. The Balaban J connectivity index is 5.37. The van der Waals surface area contributed by atoms with Gasteiger partial charge in [-0.15, -0.1) is 0 Å². The third-order valence-electron chi connectivity index (χ3n) is 4.40. The number of carboxylic acid groups (broad SMARTS) is 1. The van der Waals surface area contributed by atoms with E-state index in [0.29, 0.717) is 12.2 Å². The molecule has 4 atom stereocenters. The number of carbonyl (C=O) groups is 4. The van der Waals surface area contributed by atoms with Crippen LogP contribution in [0.1, 0.15) is 40.5 Å². The highest BCUT2D eigenvalue weighted by atomic mass is 32.2. The molecule has 0 aromatic heterocycles. The maximum absolute atomic E-state index is 12.8. The summed E-state index contributed by atoms with van der Waals surface area (Å²) >= 11 is 1.50. The summed E-state index contributed by atoms with van der Waals surface area (Å²) in [4.78, 5) is 48.8. The smallest absolute Gasteiger partial charge is 0.328 e. The van der Waals surface area contributed by atoms with Gasteiger partial charge < -0.3 is 31.9 Å². The SMILES string of the molecule is CSCCC(NC(=O)C(N)C(C)C)C(=O)NC(CC(C)C)C(=O)NC(CO)C(=O)O. The lowest BCUT2D eigenvalue weighted by atomic mass is 10.0. The second-order valence-corrected chi connectivity index (χ2v) is 8.87. The van der Waals surface area contributed by atoms with E-state index >= 15 is 0 Å². The van der Waals surface area contributed by atoms with E-state index in [0.717, 1.165) is 0 Å². The van der Waals surface area contributed by atoms with Gasteiger partial charge in [-0.05, 0) is 36.7 Å². The van der Waals surface area contributed by atoms with Crippen LogP contribution in [0.5, 0.6) is 0 Å². The molecule has 174 valence electrons. The second kappa shape index (κ2) is 14.2. The number of aliphatic hydroxyl groups excluding tert-OH is 1. The third-order valence-corrected chi connectivity index (χ3v) is 5.05. The molecular weight excluding hydrogens is 412 g/mol. The van der Waals surface area contributed by atoms with Crippen LogP contribution in [0, 0.1) is 11.8 Å². The van der Waals surface area contributed by atoms with Crippen LogP contribution in [-0.2, 0) is 19.2 Å². The quantitative estimate of drug-likeness (QED) is 0.202. The number of nitrogens with one attached hydrogen (secondary N) is 3. The third kappa shape index (κ3) is 10.3. The summed E-state index contributed by atoms with van der Waals surface area (Å²) in [5, 5.41) is 25.6. The maximum Gasteiger partial charge on any atom is 0.328 e. The van der Waals surface area contributed by atoms with Gasteiger partial charge in [0.25, 0.3) is 0 Å². The molecule has 0 saturated carbocycles. The summed E-state index contributed by atoms with van der Waals surface area (Å²) in [5.74, 6) is -2.60. The fraction of sp³-hybridized carbons (Fsp3) is 0.789. The molecule has 0 aliphatic rings. The van der Waals surface area contributed by atoms with Crippen molar-refractivity contribution in [2.75, 3.05) is 18.6 Å². The Morgan fingerprint density at radius 1 is 0.900 bits per heavy atom. The molecule has 0 aliphatic carbocycles. The van der Waals surface area contributed by atoms with Crippen LogP contribution in [0.4, 0.5) is 0 Å². The lowest BCUT2D eigenvalue weighted by Gasteiger charge is -2.26. The monoisotopic (exact) mass is 448 g/mol. The minimum Gasteiger partial charge on any atom is -0.480 e. The minimum atomic E-state index is -1.47. The average Bonchev–Trinajstić information content (AvgIpc) is 2.66. The van der Waals surface area contributed by atoms with Crippen molar-refractivity contribution in [3.63, 3.8) is 0 Å². The highest BCUT2D eigenvalue weighted by Crippen LogP contribution is 2.08. The first-order valence-corrected chi connectivity index (χ1v) is 11.3. The van der Waals surface area contributed by atoms with E-state index in [2.05, 4.69) is 16.0 Å². The van der Waals surface area contributed by atoms with Gasteiger partial charge in [-0.2, -0.15) is 11.8 Å². The first-order chi connectivity index (χ1) is 13.9. The van der Waals surface area contributed by atoms with Gasteiger partial charge in [-0.25, -0.2) is 4.79 Å². The molecule has 4 unspecified atom stereocenters. The number of aliphatic hydroxyl groups is 1. The summed E-state index contributed by atoms with van der Waals surface area (Å²) in [7, 11) is 0. The number of carboxylic acids is 1. The maximum atomic E-state index is 12.8. The van der Waals surface area contributed by atoms with Gasteiger partial charge in [0.1, 0.15) is 18.1 Å². The number of nitrogens with two attached hydrogens (primary N) is 1. The molecule has 30 heavy (non-hydrogen) atoms.